The highest BCUT2D eigenvalue weighted by atomic mass is 16.5. The third kappa shape index (κ3) is 3.67. The first-order valence-electron chi connectivity index (χ1n) is 9.34. The molecule has 3 aromatic rings. The molecule has 4 rings (SSSR count). The minimum absolute atomic E-state index is 0.0815. The number of morpholine rings is 1. The van der Waals surface area contributed by atoms with Crippen LogP contribution in [-0.4, -0.2) is 51.6 Å². The number of benzene rings is 1. The van der Waals surface area contributed by atoms with Gasteiger partial charge in [0.1, 0.15) is 11.5 Å². The molecule has 1 aliphatic heterocycles. The molecule has 0 saturated carbocycles. The van der Waals surface area contributed by atoms with Crippen LogP contribution in [0, 0.1) is 6.92 Å². The number of imidazole rings is 1. The Balaban J connectivity index is 1.76. The number of nitrogens with zero attached hydrogens (tertiary/aromatic N) is 4. The van der Waals surface area contributed by atoms with E-state index in [2.05, 4.69) is 9.97 Å². The maximum Gasteiger partial charge on any atom is 0.274 e. The Morgan fingerprint density at radius 1 is 1.14 bits per heavy atom. The van der Waals surface area contributed by atoms with E-state index >= 15 is 0 Å². The lowest BCUT2D eigenvalue weighted by atomic mass is 10.2. The summed E-state index contributed by atoms with van der Waals surface area (Å²) < 4.78 is 7.28. The molecule has 0 atom stereocenters. The van der Waals surface area contributed by atoms with Gasteiger partial charge in [-0.05, 0) is 36.8 Å². The Bertz CT molecular complexity index is 957. The summed E-state index contributed by atoms with van der Waals surface area (Å²) in [7, 11) is 0. The fraction of sp³-hybridized carbons (Fsp3) is 0.286. The van der Waals surface area contributed by atoms with Gasteiger partial charge in [-0.15, -0.1) is 0 Å². The van der Waals surface area contributed by atoms with E-state index in [9.17, 15) is 4.79 Å². The van der Waals surface area contributed by atoms with Crippen LogP contribution in [0.4, 0.5) is 0 Å². The Morgan fingerprint density at radius 2 is 1.89 bits per heavy atom. The third-order valence-electron chi connectivity index (χ3n) is 4.84. The van der Waals surface area contributed by atoms with E-state index in [0.717, 1.165) is 22.5 Å². The van der Waals surface area contributed by atoms with E-state index < -0.39 is 0 Å². The molecule has 2 N–H and O–H groups in total. The molecule has 7 nitrogen and oxygen atoms in total. The Labute approximate surface area is 163 Å². The average Bonchev–Trinajstić information content (AvgIpc) is 3.20. The predicted molar refractivity (Wildman–Crippen MR) is 106 cm³/mol. The molecular weight excluding hydrogens is 354 g/mol. The van der Waals surface area contributed by atoms with E-state index in [1.165, 1.54) is 0 Å². The van der Waals surface area contributed by atoms with Gasteiger partial charge in [-0.2, -0.15) is 0 Å². The highest BCUT2D eigenvalue weighted by Crippen LogP contribution is 2.24. The van der Waals surface area contributed by atoms with Gasteiger partial charge in [-0.1, -0.05) is 12.1 Å². The smallest absolute Gasteiger partial charge is 0.274 e. The van der Waals surface area contributed by atoms with E-state index in [1.807, 2.05) is 47.9 Å². The summed E-state index contributed by atoms with van der Waals surface area (Å²) in [6.45, 7) is 4.70. The Hall–Kier alpha value is -3.03. The molecule has 1 aliphatic rings. The van der Waals surface area contributed by atoms with Gasteiger partial charge in [0.2, 0.25) is 0 Å². The lowest BCUT2D eigenvalue weighted by molar-refractivity contribution is 0.0299. The molecule has 0 aliphatic carbocycles. The zero-order valence-corrected chi connectivity index (χ0v) is 15.8. The fourth-order valence-corrected chi connectivity index (χ4v) is 3.20. The number of aromatic nitrogens is 3. The van der Waals surface area contributed by atoms with Gasteiger partial charge in [-0.3, -0.25) is 14.3 Å². The number of rotatable bonds is 4. The number of aryl methyl sites for hydroxylation is 1. The minimum Gasteiger partial charge on any atom is -0.378 e. The van der Waals surface area contributed by atoms with E-state index in [1.54, 1.807) is 17.3 Å². The van der Waals surface area contributed by atoms with Crippen LogP contribution in [0.25, 0.3) is 17.1 Å². The van der Waals surface area contributed by atoms with Crippen LogP contribution in [0.3, 0.4) is 0 Å². The van der Waals surface area contributed by atoms with Crippen molar-refractivity contribution >= 4 is 5.91 Å². The molecule has 144 valence electrons. The summed E-state index contributed by atoms with van der Waals surface area (Å²) in [5.74, 6) is 0.603. The second kappa shape index (κ2) is 7.92. The number of pyridine rings is 1. The van der Waals surface area contributed by atoms with Crippen LogP contribution >= 0.6 is 0 Å². The largest absolute Gasteiger partial charge is 0.378 e. The number of carbonyl (C=O) groups excluding carboxylic acids is 1. The van der Waals surface area contributed by atoms with Crippen LogP contribution in [0.2, 0.25) is 0 Å². The zero-order valence-electron chi connectivity index (χ0n) is 15.8. The second-order valence-electron chi connectivity index (χ2n) is 6.78. The van der Waals surface area contributed by atoms with Crippen molar-refractivity contribution in [1.29, 1.82) is 0 Å². The molecule has 0 radical (unpaired) electrons. The normalized spacial score (nSPS) is 14.3. The molecule has 7 heteroatoms. The first-order chi connectivity index (χ1) is 13.7. The topological polar surface area (TPSA) is 86.3 Å². The van der Waals surface area contributed by atoms with Crippen molar-refractivity contribution in [2.24, 2.45) is 5.73 Å². The quantitative estimate of drug-likeness (QED) is 0.753. The van der Waals surface area contributed by atoms with Crippen molar-refractivity contribution in [1.82, 2.24) is 19.4 Å². The maximum absolute atomic E-state index is 12.9. The van der Waals surface area contributed by atoms with E-state index in [0.29, 0.717) is 44.4 Å². The molecule has 28 heavy (non-hydrogen) atoms. The van der Waals surface area contributed by atoms with Crippen LogP contribution in [0.5, 0.6) is 0 Å². The summed E-state index contributed by atoms with van der Waals surface area (Å²) in [4.78, 5) is 23.8. The fourth-order valence-electron chi connectivity index (χ4n) is 3.20. The highest BCUT2D eigenvalue weighted by molar-refractivity contribution is 5.93. The number of amides is 1. The molecule has 0 spiro atoms. The second-order valence-corrected chi connectivity index (χ2v) is 6.78. The molecular formula is C21H23N5O2. The lowest BCUT2D eigenvalue weighted by Gasteiger charge is -2.25. The highest BCUT2D eigenvalue weighted by Gasteiger charge is 2.23. The van der Waals surface area contributed by atoms with Crippen molar-refractivity contribution in [3.05, 3.63) is 65.7 Å². The van der Waals surface area contributed by atoms with Crippen molar-refractivity contribution < 1.29 is 9.53 Å². The average molecular weight is 377 g/mol. The number of ether oxygens (including phenoxy) is 1. The predicted octanol–water partition coefficient (Wildman–Crippen LogP) is 2.17. The summed E-state index contributed by atoms with van der Waals surface area (Å²) in [5, 5.41) is 0. The molecule has 1 amide bonds. The summed E-state index contributed by atoms with van der Waals surface area (Å²) in [5.41, 5.74) is 9.88. The first-order valence-corrected chi connectivity index (χ1v) is 9.34. The lowest BCUT2D eigenvalue weighted by Crippen LogP contribution is -2.40. The van der Waals surface area contributed by atoms with Gasteiger partial charge >= 0.3 is 0 Å². The van der Waals surface area contributed by atoms with E-state index in [4.69, 9.17) is 10.5 Å². The number of hydrogen-bond donors (Lipinski definition) is 1. The molecule has 0 bridgehead atoms. The van der Waals surface area contributed by atoms with Crippen LogP contribution in [0.15, 0.2) is 48.8 Å². The van der Waals surface area contributed by atoms with Gasteiger partial charge in [-0.25, -0.2) is 4.98 Å². The zero-order chi connectivity index (χ0) is 19.5. The van der Waals surface area contributed by atoms with Crippen molar-refractivity contribution in [3.8, 4) is 17.1 Å². The maximum atomic E-state index is 12.9. The first kappa shape index (κ1) is 18.3. The SMILES string of the molecule is Cc1ccc(-c2nc(C(=O)N3CCOCC3)cn2-c2ccc(CN)cc2)cn1. The van der Waals surface area contributed by atoms with Crippen molar-refractivity contribution in [3.63, 3.8) is 0 Å². The van der Waals surface area contributed by atoms with Crippen LogP contribution in [0.1, 0.15) is 21.7 Å². The monoisotopic (exact) mass is 377 g/mol. The molecule has 2 aromatic heterocycles. The molecule has 3 heterocycles. The summed E-state index contributed by atoms with van der Waals surface area (Å²) >= 11 is 0. The third-order valence-corrected chi connectivity index (χ3v) is 4.84. The van der Waals surface area contributed by atoms with Gasteiger partial charge in [0.15, 0.2) is 0 Å². The molecule has 0 unspecified atom stereocenters. The number of hydrogen-bond acceptors (Lipinski definition) is 5. The van der Waals surface area contributed by atoms with Crippen LogP contribution in [-0.2, 0) is 11.3 Å². The number of nitrogens with two attached hydrogens (primary N) is 1. The number of carbonyl (C=O) groups is 1. The minimum atomic E-state index is -0.0815. The Morgan fingerprint density at radius 3 is 2.54 bits per heavy atom. The molecule has 1 fully saturated rings. The van der Waals surface area contributed by atoms with Gasteiger partial charge in [0, 0.05) is 49.0 Å². The Kier molecular flexibility index (Phi) is 5.18. The standard InChI is InChI=1S/C21H23N5O2/c1-15-2-5-17(13-23-15)20-24-19(21(27)25-8-10-28-11-9-25)14-26(20)18-6-3-16(12-22)4-7-18/h2-7,13-14H,8-12,22H2,1H3. The van der Waals surface area contributed by atoms with Gasteiger partial charge in [0.05, 0.1) is 13.2 Å². The van der Waals surface area contributed by atoms with Gasteiger partial charge in [0.25, 0.3) is 5.91 Å². The summed E-state index contributed by atoms with van der Waals surface area (Å²) in [6.07, 6.45) is 3.58. The van der Waals surface area contributed by atoms with Crippen molar-refractivity contribution in [2.45, 2.75) is 13.5 Å². The molecule has 1 aromatic carbocycles. The summed E-state index contributed by atoms with van der Waals surface area (Å²) in [6, 6.07) is 11.8. The van der Waals surface area contributed by atoms with E-state index in [-0.39, 0.29) is 5.91 Å². The van der Waals surface area contributed by atoms with Gasteiger partial charge < -0.3 is 15.4 Å². The van der Waals surface area contributed by atoms with Crippen LogP contribution < -0.4 is 5.73 Å². The molecule has 1 saturated heterocycles. The van der Waals surface area contributed by atoms with Crippen molar-refractivity contribution in [2.75, 3.05) is 26.3 Å².